The lowest BCUT2D eigenvalue weighted by molar-refractivity contribution is -0.136. The molecule has 5 atom stereocenters. The lowest BCUT2D eigenvalue weighted by Gasteiger charge is -2.16. The number of carboxylic acid groups (broad SMARTS) is 1. The van der Waals surface area contributed by atoms with Crippen molar-refractivity contribution in [3.8, 4) is 0 Å². The third-order valence-corrected chi connectivity index (χ3v) is 4.42. The number of aliphatic hydroxyl groups is 3. The Morgan fingerprint density at radius 1 is 1.11 bits per heavy atom. The summed E-state index contributed by atoms with van der Waals surface area (Å²) in [7, 11) is 0. The van der Waals surface area contributed by atoms with E-state index in [9.17, 15) is 20.1 Å². The van der Waals surface area contributed by atoms with Crippen molar-refractivity contribution in [1.82, 2.24) is 0 Å². The highest BCUT2D eigenvalue weighted by Crippen LogP contribution is 2.25. The predicted octanol–water partition coefficient (Wildman–Crippen LogP) is 2.90. The summed E-state index contributed by atoms with van der Waals surface area (Å²) in [5, 5.41) is 38.9. The van der Waals surface area contributed by atoms with Crippen LogP contribution in [0.5, 0.6) is 0 Å². The molecule has 0 spiro atoms. The highest BCUT2D eigenvalue weighted by Gasteiger charge is 2.35. The SMILES string of the molecule is CC/C=C\C/C=C\C[C@H](O)/C=C/[C@H]1O[C@H]([C@H](O)C/C=C\CCC(=O)O)C[C@H]1O. The number of carboxylic acids is 1. The van der Waals surface area contributed by atoms with Crippen molar-refractivity contribution >= 4 is 5.97 Å². The molecule has 0 aromatic heterocycles. The third-order valence-electron chi connectivity index (χ3n) is 4.42. The van der Waals surface area contributed by atoms with E-state index < -0.39 is 36.5 Å². The quantitative estimate of drug-likeness (QED) is 0.358. The number of hydrogen-bond donors (Lipinski definition) is 4. The number of allylic oxidation sites excluding steroid dienone is 4. The van der Waals surface area contributed by atoms with E-state index in [0.717, 1.165) is 12.8 Å². The molecule has 0 aliphatic carbocycles. The Balaban J connectivity index is 2.34. The number of ether oxygens (including phenoxy) is 1. The summed E-state index contributed by atoms with van der Waals surface area (Å²) in [5.74, 6) is -0.854. The summed E-state index contributed by atoms with van der Waals surface area (Å²) in [5.41, 5.74) is 0. The van der Waals surface area contributed by atoms with Gasteiger partial charge in [0.25, 0.3) is 0 Å². The Morgan fingerprint density at radius 2 is 1.82 bits per heavy atom. The van der Waals surface area contributed by atoms with E-state index in [4.69, 9.17) is 9.84 Å². The van der Waals surface area contributed by atoms with Crippen molar-refractivity contribution in [3.05, 3.63) is 48.6 Å². The van der Waals surface area contributed by atoms with Gasteiger partial charge in [0.15, 0.2) is 0 Å². The van der Waals surface area contributed by atoms with Gasteiger partial charge in [0, 0.05) is 12.8 Å². The van der Waals surface area contributed by atoms with Gasteiger partial charge in [-0.15, -0.1) is 0 Å². The summed E-state index contributed by atoms with van der Waals surface area (Å²) in [4.78, 5) is 10.4. The minimum atomic E-state index is -0.854. The molecule has 1 heterocycles. The number of aliphatic hydroxyl groups excluding tert-OH is 3. The average Bonchev–Trinajstić information content (AvgIpc) is 3.03. The van der Waals surface area contributed by atoms with Crippen LogP contribution in [0.2, 0.25) is 0 Å². The van der Waals surface area contributed by atoms with Gasteiger partial charge >= 0.3 is 5.97 Å². The van der Waals surface area contributed by atoms with Crippen molar-refractivity contribution in [2.24, 2.45) is 0 Å². The first-order chi connectivity index (χ1) is 13.4. The number of hydrogen-bond acceptors (Lipinski definition) is 5. The molecule has 0 unspecified atom stereocenters. The monoisotopic (exact) mass is 394 g/mol. The van der Waals surface area contributed by atoms with Crippen molar-refractivity contribution in [2.45, 2.75) is 82.4 Å². The lowest BCUT2D eigenvalue weighted by atomic mass is 10.0. The van der Waals surface area contributed by atoms with Gasteiger partial charge in [-0.25, -0.2) is 0 Å². The summed E-state index contributed by atoms with van der Waals surface area (Å²) in [6, 6.07) is 0. The van der Waals surface area contributed by atoms with Crippen molar-refractivity contribution < 1.29 is 30.0 Å². The number of carbonyl (C=O) groups is 1. The third kappa shape index (κ3) is 10.6. The fourth-order valence-corrected chi connectivity index (χ4v) is 2.84. The first-order valence-corrected chi connectivity index (χ1v) is 9.98. The van der Waals surface area contributed by atoms with Crippen LogP contribution in [0.15, 0.2) is 48.6 Å². The molecule has 6 nitrogen and oxygen atoms in total. The van der Waals surface area contributed by atoms with Gasteiger partial charge in [-0.3, -0.25) is 4.79 Å². The van der Waals surface area contributed by atoms with Gasteiger partial charge in [0.2, 0.25) is 0 Å². The van der Waals surface area contributed by atoms with Crippen molar-refractivity contribution in [2.75, 3.05) is 0 Å². The maximum Gasteiger partial charge on any atom is 0.303 e. The minimum absolute atomic E-state index is 0.0606. The molecule has 0 amide bonds. The maximum atomic E-state index is 10.4. The Kier molecular flexibility index (Phi) is 12.4. The van der Waals surface area contributed by atoms with E-state index in [1.165, 1.54) is 0 Å². The van der Waals surface area contributed by atoms with Crippen LogP contribution in [0.3, 0.4) is 0 Å². The van der Waals surface area contributed by atoms with Crippen LogP contribution in [0.4, 0.5) is 0 Å². The van der Waals surface area contributed by atoms with Gasteiger partial charge < -0.3 is 25.2 Å². The van der Waals surface area contributed by atoms with Crippen molar-refractivity contribution in [1.29, 1.82) is 0 Å². The molecule has 0 aromatic rings. The predicted molar refractivity (Wildman–Crippen MR) is 109 cm³/mol. The van der Waals surface area contributed by atoms with E-state index in [0.29, 0.717) is 25.7 Å². The smallest absolute Gasteiger partial charge is 0.303 e. The summed E-state index contributed by atoms with van der Waals surface area (Å²) in [6.07, 6.45) is 15.1. The highest BCUT2D eigenvalue weighted by atomic mass is 16.5. The van der Waals surface area contributed by atoms with Gasteiger partial charge in [-0.1, -0.05) is 55.5 Å². The van der Waals surface area contributed by atoms with Crippen LogP contribution in [0.25, 0.3) is 0 Å². The molecular formula is C22H34O6. The van der Waals surface area contributed by atoms with E-state index in [2.05, 4.69) is 19.1 Å². The molecule has 1 rings (SSSR count). The first-order valence-electron chi connectivity index (χ1n) is 9.98. The van der Waals surface area contributed by atoms with E-state index in [1.807, 2.05) is 12.2 Å². The zero-order valence-corrected chi connectivity index (χ0v) is 16.6. The average molecular weight is 395 g/mol. The first kappa shape index (κ1) is 24.3. The Morgan fingerprint density at radius 3 is 2.54 bits per heavy atom. The second kappa shape index (κ2) is 14.3. The normalized spacial score (nSPS) is 25.5. The second-order valence-electron chi connectivity index (χ2n) is 6.92. The van der Waals surface area contributed by atoms with Crippen LogP contribution in [-0.2, 0) is 9.53 Å². The Hall–Kier alpha value is -1.73. The fourth-order valence-electron chi connectivity index (χ4n) is 2.84. The molecule has 6 heteroatoms. The summed E-state index contributed by atoms with van der Waals surface area (Å²) in [6.45, 7) is 2.08. The van der Waals surface area contributed by atoms with Crippen LogP contribution in [-0.4, -0.2) is 56.9 Å². The van der Waals surface area contributed by atoms with Crippen LogP contribution in [0, 0.1) is 0 Å². The van der Waals surface area contributed by atoms with Crippen LogP contribution >= 0.6 is 0 Å². The van der Waals surface area contributed by atoms with Crippen molar-refractivity contribution in [3.63, 3.8) is 0 Å². The molecule has 1 saturated heterocycles. The number of rotatable bonds is 13. The van der Waals surface area contributed by atoms with Gasteiger partial charge in [0.1, 0.15) is 6.10 Å². The molecule has 1 aliphatic heterocycles. The molecular weight excluding hydrogens is 360 g/mol. The van der Waals surface area contributed by atoms with Gasteiger partial charge in [0.05, 0.1) is 24.4 Å². The Bertz CT molecular complexity index is 551. The molecule has 28 heavy (non-hydrogen) atoms. The summed E-state index contributed by atoms with van der Waals surface area (Å²) < 4.78 is 5.70. The fraction of sp³-hybridized carbons (Fsp3) is 0.591. The zero-order chi connectivity index (χ0) is 20.8. The molecule has 1 fully saturated rings. The maximum absolute atomic E-state index is 10.4. The van der Waals surface area contributed by atoms with E-state index in [-0.39, 0.29) is 6.42 Å². The minimum Gasteiger partial charge on any atom is -0.481 e. The highest BCUT2D eigenvalue weighted by molar-refractivity contribution is 5.66. The topological polar surface area (TPSA) is 107 Å². The molecule has 158 valence electrons. The standard InChI is InChI=1S/C22H34O6/c1-2-3-4-5-6-8-11-17(23)14-15-20-19(25)16-21(28-20)18(24)12-9-7-10-13-22(26)27/h3-4,6-9,14-15,17-21,23-25H,2,5,10-13,16H2,1H3,(H,26,27)/b4-3-,8-6-,9-7-,15-14+/t17-,18+,19+,20+,21-/m0/s1. The largest absolute Gasteiger partial charge is 0.481 e. The Labute approximate surface area is 167 Å². The van der Waals surface area contributed by atoms with E-state index in [1.54, 1.807) is 24.3 Å². The summed E-state index contributed by atoms with van der Waals surface area (Å²) >= 11 is 0. The lowest BCUT2D eigenvalue weighted by Crippen LogP contribution is -2.25. The van der Waals surface area contributed by atoms with Gasteiger partial charge in [-0.05, 0) is 32.1 Å². The molecule has 0 bridgehead atoms. The van der Waals surface area contributed by atoms with Crippen LogP contribution in [0.1, 0.15) is 51.9 Å². The van der Waals surface area contributed by atoms with Gasteiger partial charge in [-0.2, -0.15) is 0 Å². The molecule has 0 aromatic carbocycles. The molecule has 4 N–H and O–H groups in total. The van der Waals surface area contributed by atoms with Crippen LogP contribution < -0.4 is 0 Å². The van der Waals surface area contributed by atoms with E-state index >= 15 is 0 Å². The number of aliphatic carboxylic acids is 1. The molecule has 0 saturated carbocycles. The molecule has 1 aliphatic rings. The zero-order valence-electron chi connectivity index (χ0n) is 16.6. The molecule has 0 radical (unpaired) electrons. The second-order valence-corrected chi connectivity index (χ2v) is 6.92.